The molecule has 0 saturated heterocycles. The van der Waals surface area contributed by atoms with Crippen molar-refractivity contribution in [3.63, 3.8) is 0 Å². The van der Waals surface area contributed by atoms with Crippen LogP contribution in [0.4, 0.5) is 0 Å². The van der Waals surface area contributed by atoms with Crippen molar-refractivity contribution >= 4 is 22.9 Å². The number of likely N-dealkylation sites (N-methyl/N-ethyl adjacent to an activating group) is 1. The summed E-state index contributed by atoms with van der Waals surface area (Å²) < 4.78 is 6.01. The molecule has 0 aromatic carbocycles. The topological polar surface area (TPSA) is 21.3 Å². The highest BCUT2D eigenvalue weighted by Crippen LogP contribution is 2.45. The van der Waals surface area contributed by atoms with Crippen LogP contribution in [0, 0.1) is 5.92 Å². The third-order valence-electron chi connectivity index (χ3n) is 4.37. The first kappa shape index (κ1) is 15.3. The largest absolute Gasteiger partial charge is 0.376 e. The van der Waals surface area contributed by atoms with Crippen molar-refractivity contribution < 1.29 is 4.74 Å². The van der Waals surface area contributed by atoms with E-state index < -0.39 is 0 Å². The summed E-state index contributed by atoms with van der Waals surface area (Å²) in [6.07, 6.45) is 4.69. The van der Waals surface area contributed by atoms with Gasteiger partial charge in [-0.15, -0.1) is 11.3 Å². The molecule has 2 nitrogen and oxygen atoms in total. The average Bonchev–Trinajstić information content (AvgIpc) is 2.84. The molecule has 19 heavy (non-hydrogen) atoms. The molecule has 1 aromatic rings. The van der Waals surface area contributed by atoms with E-state index in [9.17, 15) is 0 Å². The van der Waals surface area contributed by atoms with Crippen molar-refractivity contribution in [3.8, 4) is 0 Å². The Bertz CT molecular complexity index is 399. The fraction of sp³-hybridized carbons (Fsp3) is 0.733. The molecule has 2 rings (SSSR count). The Kier molecular flexibility index (Phi) is 5.29. The van der Waals surface area contributed by atoms with Gasteiger partial charge in [-0.25, -0.2) is 0 Å². The highest BCUT2D eigenvalue weighted by Gasteiger charge is 2.43. The molecule has 0 spiro atoms. The molecule has 108 valence electrons. The molecular weight excluding hydrogens is 278 g/mol. The van der Waals surface area contributed by atoms with Gasteiger partial charge in [0.1, 0.15) is 0 Å². The molecule has 0 aliphatic heterocycles. The van der Waals surface area contributed by atoms with Gasteiger partial charge in [-0.1, -0.05) is 25.4 Å². The molecule has 1 atom stereocenters. The number of methoxy groups -OCH3 is 1. The van der Waals surface area contributed by atoms with Crippen molar-refractivity contribution in [1.82, 2.24) is 5.32 Å². The summed E-state index contributed by atoms with van der Waals surface area (Å²) in [5.41, 5.74) is -0.100. The number of hydrogen-bond acceptors (Lipinski definition) is 3. The number of halogens is 1. The maximum absolute atomic E-state index is 6.35. The van der Waals surface area contributed by atoms with E-state index in [-0.39, 0.29) is 11.6 Å². The predicted octanol–water partition coefficient (Wildman–Crippen LogP) is 4.65. The lowest BCUT2D eigenvalue weighted by Gasteiger charge is -2.44. The van der Waals surface area contributed by atoms with Gasteiger partial charge in [0, 0.05) is 12.0 Å². The van der Waals surface area contributed by atoms with E-state index in [0.717, 1.165) is 30.3 Å². The molecule has 1 N–H and O–H groups in total. The van der Waals surface area contributed by atoms with Crippen LogP contribution in [0.25, 0.3) is 0 Å². The van der Waals surface area contributed by atoms with E-state index in [1.807, 2.05) is 13.2 Å². The maximum atomic E-state index is 6.35. The molecule has 4 heteroatoms. The van der Waals surface area contributed by atoms with Gasteiger partial charge in [-0.2, -0.15) is 0 Å². The zero-order valence-electron chi connectivity index (χ0n) is 12.0. The third kappa shape index (κ3) is 3.15. The minimum Gasteiger partial charge on any atom is -0.376 e. The molecule has 1 aromatic heterocycles. The summed E-state index contributed by atoms with van der Waals surface area (Å²) in [6.45, 7) is 5.41. The molecule has 1 aliphatic carbocycles. The van der Waals surface area contributed by atoms with Gasteiger partial charge in [0.25, 0.3) is 0 Å². The normalized spacial score (nSPS) is 29.4. The van der Waals surface area contributed by atoms with Crippen LogP contribution in [0.2, 0.25) is 5.02 Å². The number of ether oxygens (including phenoxy) is 1. The lowest BCUT2D eigenvalue weighted by atomic mass is 9.75. The van der Waals surface area contributed by atoms with Crippen LogP contribution in [-0.2, 0) is 4.74 Å². The van der Waals surface area contributed by atoms with Crippen LogP contribution in [0.3, 0.4) is 0 Å². The fourth-order valence-corrected chi connectivity index (χ4v) is 4.44. The molecular formula is C15H24ClNOS. The Hall–Kier alpha value is -0.0900. The second-order valence-electron chi connectivity index (χ2n) is 5.57. The standard InChI is InChI=1S/C15H24ClNOS/c1-4-17-14(13-12(16)7-10-19-13)15(18-3)8-5-11(2)6-9-15/h7,10-11,14,17H,4-6,8-9H2,1-3H3. The third-order valence-corrected chi connectivity index (χ3v) is 5.79. The number of rotatable bonds is 5. The first-order valence-corrected chi connectivity index (χ1v) is 8.40. The molecule has 1 fully saturated rings. The molecule has 0 amide bonds. The van der Waals surface area contributed by atoms with Crippen LogP contribution in [0.1, 0.15) is 50.4 Å². The van der Waals surface area contributed by atoms with Gasteiger partial charge in [-0.05, 0) is 49.6 Å². The van der Waals surface area contributed by atoms with E-state index in [1.54, 1.807) is 11.3 Å². The summed E-state index contributed by atoms with van der Waals surface area (Å²) in [6, 6.07) is 2.20. The van der Waals surface area contributed by atoms with Gasteiger partial charge in [0.2, 0.25) is 0 Å². The van der Waals surface area contributed by atoms with Crippen molar-refractivity contribution in [2.24, 2.45) is 5.92 Å². The number of hydrogen-bond donors (Lipinski definition) is 1. The molecule has 0 bridgehead atoms. The molecule has 1 unspecified atom stereocenters. The van der Waals surface area contributed by atoms with E-state index in [0.29, 0.717) is 0 Å². The smallest absolute Gasteiger partial charge is 0.0881 e. The zero-order chi connectivity index (χ0) is 13.9. The number of nitrogens with one attached hydrogen (secondary N) is 1. The first-order valence-electron chi connectivity index (χ1n) is 7.14. The monoisotopic (exact) mass is 301 g/mol. The second-order valence-corrected chi connectivity index (χ2v) is 6.93. The highest BCUT2D eigenvalue weighted by atomic mass is 35.5. The Morgan fingerprint density at radius 1 is 1.53 bits per heavy atom. The van der Waals surface area contributed by atoms with Crippen LogP contribution in [0.15, 0.2) is 11.4 Å². The first-order chi connectivity index (χ1) is 9.13. The van der Waals surface area contributed by atoms with Gasteiger partial charge < -0.3 is 10.1 Å². The van der Waals surface area contributed by atoms with Gasteiger partial charge in [-0.3, -0.25) is 0 Å². The summed E-state index contributed by atoms with van der Waals surface area (Å²) in [5, 5.41) is 6.54. The Morgan fingerprint density at radius 3 is 2.68 bits per heavy atom. The van der Waals surface area contributed by atoms with Crippen molar-refractivity contribution in [2.45, 2.75) is 51.2 Å². The van der Waals surface area contributed by atoms with Crippen molar-refractivity contribution in [2.75, 3.05) is 13.7 Å². The summed E-state index contributed by atoms with van der Waals surface area (Å²) >= 11 is 8.08. The zero-order valence-corrected chi connectivity index (χ0v) is 13.6. The Balaban J connectivity index is 2.28. The lowest BCUT2D eigenvalue weighted by Crippen LogP contribution is -2.47. The maximum Gasteiger partial charge on any atom is 0.0881 e. The van der Waals surface area contributed by atoms with E-state index >= 15 is 0 Å². The van der Waals surface area contributed by atoms with E-state index in [1.165, 1.54) is 17.7 Å². The summed E-state index contributed by atoms with van der Waals surface area (Å²) in [7, 11) is 1.85. The van der Waals surface area contributed by atoms with Gasteiger partial charge in [0.15, 0.2) is 0 Å². The fourth-order valence-electron chi connectivity index (χ4n) is 3.09. The second kappa shape index (κ2) is 6.57. The molecule has 1 heterocycles. The summed E-state index contributed by atoms with van der Waals surface area (Å²) in [5.74, 6) is 0.810. The van der Waals surface area contributed by atoms with Crippen LogP contribution in [-0.4, -0.2) is 19.3 Å². The molecule has 1 saturated carbocycles. The summed E-state index contributed by atoms with van der Waals surface area (Å²) in [4.78, 5) is 1.22. The van der Waals surface area contributed by atoms with Crippen LogP contribution in [0.5, 0.6) is 0 Å². The van der Waals surface area contributed by atoms with E-state index in [4.69, 9.17) is 16.3 Å². The van der Waals surface area contributed by atoms with E-state index in [2.05, 4.69) is 24.5 Å². The number of thiophene rings is 1. The SMILES string of the molecule is CCNC(c1sccc1Cl)C1(OC)CCC(C)CC1. The highest BCUT2D eigenvalue weighted by molar-refractivity contribution is 7.10. The van der Waals surface area contributed by atoms with Crippen molar-refractivity contribution in [1.29, 1.82) is 0 Å². The minimum atomic E-state index is -0.100. The predicted molar refractivity (Wildman–Crippen MR) is 83.1 cm³/mol. The lowest BCUT2D eigenvalue weighted by molar-refractivity contribution is -0.0749. The quantitative estimate of drug-likeness (QED) is 0.855. The average molecular weight is 302 g/mol. The van der Waals surface area contributed by atoms with Crippen LogP contribution < -0.4 is 5.32 Å². The molecule has 0 radical (unpaired) electrons. The minimum absolute atomic E-state index is 0.100. The Morgan fingerprint density at radius 2 is 2.21 bits per heavy atom. The van der Waals surface area contributed by atoms with Gasteiger partial charge >= 0.3 is 0 Å². The Labute approximate surface area is 125 Å². The van der Waals surface area contributed by atoms with Gasteiger partial charge in [0.05, 0.1) is 16.7 Å². The van der Waals surface area contributed by atoms with Crippen molar-refractivity contribution in [3.05, 3.63) is 21.3 Å². The molecule has 1 aliphatic rings. The van der Waals surface area contributed by atoms with Crippen LogP contribution >= 0.6 is 22.9 Å².